The first-order chi connectivity index (χ1) is 21.3. The van der Waals surface area contributed by atoms with Gasteiger partial charge >= 0.3 is 0 Å². The van der Waals surface area contributed by atoms with Gasteiger partial charge in [-0.2, -0.15) is 0 Å². The first-order valence-electron chi connectivity index (χ1n) is 15.9. The minimum atomic E-state index is -0.863. The van der Waals surface area contributed by atoms with Crippen LogP contribution in [0.5, 0.6) is 11.6 Å². The van der Waals surface area contributed by atoms with E-state index < -0.39 is 6.17 Å². The van der Waals surface area contributed by atoms with Gasteiger partial charge in [-0.15, -0.1) is 0 Å². The molecule has 4 aromatic rings. The van der Waals surface area contributed by atoms with Crippen LogP contribution in [0.3, 0.4) is 0 Å². The smallest absolute Gasteiger partial charge is 0.281 e. The molecule has 2 N–H and O–H groups in total. The number of piperazine rings is 1. The van der Waals surface area contributed by atoms with E-state index in [1.54, 1.807) is 18.3 Å². The van der Waals surface area contributed by atoms with Crippen LogP contribution in [-0.2, 0) is 6.42 Å². The van der Waals surface area contributed by atoms with E-state index in [9.17, 15) is 18.7 Å². The molecule has 0 aliphatic carbocycles. The lowest BCUT2D eigenvalue weighted by atomic mass is 9.95. The molecule has 8 nitrogen and oxygen atoms in total. The third-order valence-corrected chi connectivity index (χ3v) is 10.4. The molecule has 0 spiro atoms. The second kappa shape index (κ2) is 10.4. The number of fused-ring (bicyclic) bond motifs is 5. The van der Waals surface area contributed by atoms with E-state index in [4.69, 9.17) is 9.72 Å². The molecule has 4 aliphatic rings. The van der Waals surface area contributed by atoms with Gasteiger partial charge in [-0.25, -0.2) is 13.8 Å². The van der Waals surface area contributed by atoms with Crippen LogP contribution >= 0.6 is 0 Å². The Labute approximate surface area is 254 Å². The maximum absolute atomic E-state index is 15.0. The quantitative estimate of drug-likeness (QED) is 0.327. The number of phenols is 1. The number of aromatic nitrogens is 2. The predicted molar refractivity (Wildman–Crippen MR) is 167 cm³/mol. The van der Waals surface area contributed by atoms with Gasteiger partial charge in [0.25, 0.3) is 5.56 Å². The Kier molecular flexibility index (Phi) is 6.57. The predicted octanol–water partition coefficient (Wildman–Crippen LogP) is 4.84. The van der Waals surface area contributed by atoms with Crippen molar-refractivity contribution in [2.75, 3.05) is 37.7 Å². The lowest BCUT2D eigenvalue weighted by Gasteiger charge is -2.35. The van der Waals surface area contributed by atoms with Crippen LogP contribution in [0.1, 0.15) is 44.6 Å². The average molecular weight is 602 g/mol. The molecule has 10 heteroatoms. The molecule has 2 bridgehead atoms. The number of benzene rings is 2. The van der Waals surface area contributed by atoms with Gasteiger partial charge in [0.2, 0.25) is 5.88 Å². The molecule has 8 rings (SSSR count). The number of nitrogens with one attached hydrogen (secondary N) is 1. The highest BCUT2D eigenvalue weighted by atomic mass is 19.1. The van der Waals surface area contributed by atoms with Crippen molar-refractivity contribution < 1.29 is 18.6 Å². The Morgan fingerprint density at radius 1 is 1.11 bits per heavy atom. The van der Waals surface area contributed by atoms with E-state index in [2.05, 4.69) is 15.1 Å². The van der Waals surface area contributed by atoms with Gasteiger partial charge in [-0.05, 0) is 67.8 Å². The number of phenolic OH excluding ortho intramolecular Hbond substituents is 1. The van der Waals surface area contributed by atoms with Gasteiger partial charge in [0.05, 0.1) is 16.9 Å². The maximum Gasteiger partial charge on any atom is 0.281 e. The zero-order chi connectivity index (χ0) is 30.2. The van der Waals surface area contributed by atoms with E-state index in [0.717, 1.165) is 56.4 Å². The number of rotatable bonds is 6. The average Bonchev–Trinajstić information content (AvgIpc) is 3.66. The lowest BCUT2D eigenvalue weighted by molar-refractivity contribution is 0.111. The van der Waals surface area contributed by atoms with Gasteiger partial charge < -0.3 is 20.1 Å². The molecule has 4 aliphatic heterocycles. The van der Waals surface area contributed by atoms with Gasteiger partial charge in [0.15, 0.2) is 0 Å². The third kappa shape index (κ3) is 4.44. The van der Waals surface area contributed by atoms with Crippen molar-refractivity contribution in [3.63, 3.8) is 0 Å². The zero-order valence-electron chi connectivity index (χ0n) is 24.9. The van der Waals surface area contributed by atoms with Crippen molar-refractivity contribution >= 4 is 27.4 Å². The standard InChI is InChI=1S/C34H37F2N5O3/c1-2-25-27(36)7-4-20-12-24(42)13-29(31(20)25)41-11-8-26-28(39-17-22-5-6-23(18-39)37-22)14-30(38-32(26)33(41)43)44-19-34-9-3-10-40(34)16-21(35)15-34/h4,7-8,11-14,21-23,37,42H,2-3,5-6,9-10,15-19H2,1H3/t21-,22?,23?,34+/m1/s1. The van der Waals surface area contributed by atoms with Crippen molar-refractivity contribution in [3.8, 4) is 17.3 Å². The minimum absolute atomic E-state index is 0.0155. The van der Waals surface area contributed by atoms with Crippen LogP contribution < -0.4 is 20.5 Å². The summed E-state index contributed by atoms with van der Waals surface area (Å²) in [5.74, 6) is -0.0240. The van der Waals surface area contributed by atoms with Gasteiger partial charge in [0.1, 0.15) is 29.9 Å². The lowest BCUT2D eigenvalue weighted by Crippen LogP contribution is -2.51. The second-order valence-electron chi connectivity index (χ2n) is 13.1. The number of hydrogen-bond acceptors (Lipinski definition) is 7. The van der Waals surface area contributed by atoms with Gasteiger partial charge in [-0.1, -0.05) is 13.0 Å². The SMILES string of the molecule is CCc1c(F)ccc2cc(O)cc(-n3ccc4c(N5CC6CCC(C5)N6)cc(OC[C@@]56CCCN5C[C@H](F)C6)nc4c3=O)c12. The second-order valence-corrected chi connectivity index (χ2v) is 13.1. The summed E-state index contributed by atoms with van der Waals surface area (Å²) in [6.45, 7) is 5.12. The third-order valence-electron chi connectivity index (χ3n) is 10.4. The van der Waals surface area contributed by atoms with Gasteiger partial charge in [0, 0.05) is 67.2 Å². The number of pyridine rings is 2. The molecule has 2 aromatic heterocycles. The summed E-state index contributed by atoms with van der Waals surface area (Å²) in [6, 6.07) is 10.7. The summed E-state index contributed by atoms with van der Waals surface area (Å²) in [4.78, 5) is 23.7. The molecule has 44 heavy (non-hydrogen) atoms. The minimum Gasteiger partial charge on any atom is -0.508 e. The van der Waals surface area contributed by atoms with Crippen LogP contribution in [0.4, 0.5) is 14.5 Å². The summed E-state index contributed by atoms with van der Waals surface area (Å²) in [7, 11) is 0. The monoisotopic (exact) mass is 601 g/mol. The van der Waals surface area contributed by atoms with Crippen molar-refractivity contribution in [3.05, 3.63) is 64.3 Å². The van der Waals surface area contributed by atoms with E-state index in [0.29, 0.717) is 66.0 Å². The molecule has 0 radical (unpaired) electrons. The van der Waals surface area contributed by atoms with Gasteiger partial charge in [-0.3, -0.25) is 14.3 Å². The first-order valence-corrected chi connectivity index (χ1v) is 15.9. The Balaban J connectivity index is 1.28. The summed E-state index contributed by atoms with van der Waals surface area (Å²) >= 11 is 0. The molecule has 230 valence electrons. The molecule has 4 saturated heterocycles. The first kappa shape index (κ1) is 27.8. The van der Waals surface area contributed by atoms with Crippen molar-refractivity contribution in [1.82, 2.24) is 19.8 Å². The Bertz CT molecular complexity index is 1830. The molecule has 2 unspecified atom stereocenters. The summed E-state index contributed by atoms with van der Waals surface area (Å²) in [5.41, 5.74) is 1.29. The number of nitrogens with zero attached hydrogens (tertiary/aromatic N) is 4. The van der Waals surface area contributed by atoms with E-state index >= 15 is 0 Å². The molecule has 0 amide bonds. The number of aryl methyl sites for hydroxylation is 1. The molecule has 6 heterocycles. The molecule has 2 aromatic carbocycles. The summed E-state index contributed by atoms with van der Waals surface area (Å²) in [5, 5.41) is 16.2. The number of aromatic hydroxyl groups is 1. The highest BCUT2D eigenvalue weighted by molar-refractivity contribution is 5.96. The van der Waals surface area contributed by atoms with E-state index in [1.807, 2.05) is 19.1 Å². The zero-order valence-corrected chi connectivity index (χ0v) is 24.9. The van der Waals surface area contributed by atoms with Crippen LogP contribution in [-0.4, -0.2) is 76.1 Å². The number of hydrogen-bond donors (Lipinski definition) is 2. The fourth-order valence-corrected chi connectivity index (χ4v) is 8.36. The molecule has 4 atom stereocenters. The molecule has 0 saturated carbocycles. The molecule has 4 fully saturated rings. The highest BCUT2D eigenvalue weighted by Crippen LogP contribution is 2.41. The van der Waals surface area contributed by atoms with Crippen LogP contribution in [0.25, 0.3) is 27.4 Å². The fraction of sp³-hybridized carbons (Fsp3) is 0.471. The highest BCUT2D eigenvalue weighted by Gasteiger charge is 2.49. The van der Waals surface area contributed by atoms with Crippen LogP contribution in [0.2, 0.25) is 0 Å². The molecular formula is C34H37F2N5O3. The Hall–Kier alpha value is -3.76. The van der Waals surface area contributed by atoms with Crippen LogP contribution in [0.15, 0.2) is 47.4 Å². The number of alkyl halides is 1. The normalized spacial score (nSPS) is 26.6. The van der Waals surface area contributed by atoms with Crippen molar-refractivity contribution in [2.45, 2.75) is 69.2 Å². The Morgan fingerprint density at radius 2 is 1.93 bits per heavy atom. The van der Waals surface area contributed by atoms with Crippen molar-refractivity contribution in [2.24, 2.45) is 0 Å². The number of anilines is 1. The van der Waals surface area contributed by atoms with E-state index in [1.165, 1.54) is 16.7 Å². The fourth-order valence-electron chi connectivity index (χ4n) is 8.36. The largest absolute Gasteiger partial charge is 0.508 e. The van der Waals surface area contributed by atoms with E-state index in [-0.39, 0.29) is 28.2 Å². The van der Waals surface area contributed by atoms with Crippen LogP contribution in [0, 0.1) is 5.82 Å². The number of halogens is 2. The van der Waals surface area contributed by atoms with Crippen molar-refractivity contribution in [1.29, 1.82) is 0 Å². The molecular weight excluding hydrogens is 564 g/mol. The topological polar surface area (TPSA) is 82.9 Å². The number of ether oxygens (including phenoxy) is 1. The Morgan fingerprint density at radius 3 is 2.73 bits per heavy atom. The summed E-state index contributed by atoms with van der Waals surface area (Å²) < 4.78 is 37.3. The summed E-state index contributed by atoms with van der Waals surface area (Å²) in [6.07, 6.45) is 5.82. The maximum atomic E-state index is 15.0.